The highest BCUT2D eigenvalue weighted by atomic mass is 127. The van der Waals surface area contributed by atoms with Crippen molar-refractivity contribution in [1.29, 1.82) is 0 Å². The summed E-state index contributed by atoms with van der Waals surface area (Å²) in [4.78, 5) is 9.83. The maximum Gasteiger partial charge on any atom is 0.211 e. The molecule has 0 aliphatic heterocycles. The van der Waals surface area contributed by atoms with Gasteiger partial charge in [-0.25, -0.2) is 18.1 Å². The lowest BCUT2D eigenvalue weighted by atomic mass is 10.4. The van der Waals surface area contributed by atoms with Crippen LogP contribution in [0.15, 0.2) is 11.2 Å². The van der Waals surface area contributed by atoms with Gasteiger partial charge in [-0.1, -0.05) is 6.92 Å². The van der Waals surface area contributed by atoms with Crippen molar-refractivity contribution in [2.24, 2.45) is 4.99 Å². The molecule has 3 N–H and O–H groups in total. The molecule has 7 nitrogen and oxygen atoms in total. The number of hydrogen-bond acceptors (Lipinski definition) is 5. The van der Waals surface area contributed by atoms with Crippen molar-refractivity contribution in [3.8, 4) is 0 Å². The number of aryl methyl sites for hydroxylation is 1. The van der Waals surface area contributed by atoms with Gasteiger partial charge in [0, 0.05) is 44.2 Å². The van der Waals surface area contributed by atoms with Crippen molar-refractivity contribution in [2.75, 3.05) is 32.4 Å². The van der Waals surface area contributed by atoms with E-state index >= 15 is 0 Å². The van der Waals surface area contributed by atoms with Crippen LogP contribution in [0, 0.1) is 0 Å². The van der Waals surface area contributed by atoms with E-state index in [4.69, 9.17) is 0 Å². The van der Waals surface area contributed by atoms with Crippen molar-refractivity contribution in [2.45, 2.75) is 33.1 Å². The van der Waals surface area contributed by atoms with Crippen molar-refractivity contribution < 1.29 is 8.42 Å². The zero-order valence-electron chi connectivity index (χ0n) is 14.5. The SMILES string of the molecule is CCc1cnc(CCNC(=NC)NCCCNS(=O)(=O)CC)s1.I. The second-order valence-corrected chi connectivity index (χ2v) is 8.20. The first-order valence-corrected chi connectivity index (χ1v) is 10.3. The molecule has 1 heterocycles. The summed E-state index contributed by atoms with van der Waals surface area (Å²) in [5, 5.41) is 7.52. The normalized spacial score (nSPS) is 11.9. The van der Waals surface area contributed by atoms with Crippen LogP contribution >= 0.6 is 35.3 Å². The minimum atomic E-state index is -3.10. The molecule has 10 heteroatoms. The number of sulfonamides is 1. The van der Waals surface area contributed by atoms with Crippen LogP contribution in [-0.2, 0) is 22.9 Å². The van der Waals surface area contributed by atoms with E-state index < -0.39 is 10.0 Å². The van der Waals surface area contributed by atoms with Crippen LogP contribution in [0.25, 0.3) is 0 Å². The van der Waals surface area contributed by atoms with E-state index in [1.165, 1.54) is 4.88 Å². The number of hydrogen-bond donors (Lipinski definition) is 3. The van der Waals surface area contributed by atoms with E-state index in [0.717, 1.165) is 30.4 Å². The number of rotatable bonds is 10. The number of thiazole rings is 1. The molecule has 0 spiro atoms. The first kappa shape index (κ1) is 23.5. The maximum absolute atomic E-state index is 11.3. The van der Waals surface area contributed by atoms with Gasteiger partial charge in [0.25, 0.3) is 0 Å². The number of nitrogens with zero attached hydrogens (tertiary/aromatic N) is 2. The Labute approximate surface area is 166 Å². The molecule has 140 valence electrons. The Hall–Kier alpha value is -0.460. The first-order valence-electron chi connectivity index (χ1n) is 7.86. The first-order chi connectivity index (χ1) is 11.0. The quantitative estimate of drug-likeness (QED) is 0.200. The van der Waals surface area contributed by atoms with Crippen LogP contribution in [0.4, 0.5) is 0 Å². The van der Waals surface area contributed by atoms with Crippen LogP contribution in [0.1, 0.15) is 30.2 Å². The molecular formula is C14H28IN5O2S2. The smallest absolute Gasteiger partial charge is 0.211 e. The van der Waals surface area contributed by atoms with E-state index in [9.17, 15) is 8.42 Å². The summed E-state index contributed by atoms with van der Waals surface area (Å²) >= 11 is 1.74. The Kier molecular flexibility index (Phi) is 12.6. The number of nitrogens with one attached hydrogen (secondary N) is 3. The highest BCUT2D eigenvalue weighted by molar-refractivity contribution is 14.0. The molecule has 1 aromatic heterocycles. The van der Waals surface area contributed by atoms with Gasteiger partial charge in [0.1, 0.15) is 0 Å². The number of halogens is 1. The molecule has 0 aromatic carbocycles. The summed E-state index contributed by atoms with van der Waals surface area (Å²) in [7, 11) is -1.38. The molecular weight excluding hydrogens is 461 g/mol. The summed E-state index contributed by atoms with van der Waals surface area (Å²) in [6, 6.07) is 0. The van der Waals surface area contributed by atoms with Crippen molar-refractivity contribution in [1.82, 2.24) is 20.3 Å². The van der Waals surface area contributed by atoms with E-state index in [1.54, 1.807) is 25.3 Å². The van der Waals surface area contributed by atoms with Crippen LogP contribution in [0.5, 0.6) is 0 Å². The Morgan fingerprint density at radius 2 is 1.96 bits per heavy atom. The largest absolute Gasteiger partial charge is 0.356 e. The van der Waals surface area contributed by atoms with E-state index in [-0.39, 0.29) is 29.7 Å². The lowest BCUT2D eigenvalue weighted by molar-refractivity contribution is 0.579. The minimum Gasteiger partial charge on any atom is -0.356 e. The molecule has 1 rings (SSSR count). The molecule has 0 bridgehead atoms. The zero-order chi connectivity index (χ0) is 17.1. The monoisotopic (exact) mass is 489 g/mol. The molecule has 0 aliphatic rings. The second-order valence-electron chi connectivity index (χ2n) is 4.90. The summed E-state index contributed by atoms with van der Waals surface area (Å²) in [5.41, 5.74) is 0. The lowest BCUT2D eigenvalue weighted by Gasteiger charge is -2.11. The van der Waals surface area contributed by atoms with Crippen molar-refractivity contribution in [3.63, 3.8) is 0 Å². The maximum atomic E-state index is 11.3. The van der Waals surface area contributed by atoms with Gasteiger partial charge in [0.05, 0.1) is 10.8 Å². The fourth-order valence-corrected chi connectivity index (χ4v) is 3.28. The van der Waals surface area contributed by atoms with Gasteiger partial charge in [0.15, 0.2) is 5.96 Å². The molecule has 0 saturated heterocycles. The summed E-state index contributed by atoms with van der Waals surface area (Å²) in [6.07, 6.45) is 4.52. The van der Waals surface area contributed by atoms with Gasteiger partial charge < -0.3 is 10.6 Å². The van der Waals surface area contributed by atoms with Crippen LogP contribution in [0.2, 0.25) is 0 Å². The van der Waals surface area contributed by atoms with Gasteiger partial charge in [0.2, 0.25) is 10.0 Å². The molecule has 0 aliphatic carbocycles. The Morgan fingerprint density at radius 3 is 2.54 bits per heavy atom. The van der Waals surface area contributed by atoms with Crippen molar-refractivity contribution in [3.05, 3.63) is 16.1 Å². The highest BCUT2D eigenvalue weighted by Gasteiger charge is 2.05. The van der Waals surface area contributed by atoms with Gasteiger partial charge in [-0.15, -0.1) is 35.3 Å². The molecule has 1 aromatic rings. The Balaban J connectivity index is 0.00000529. The van der Waals surface area contributed by atoms with Gasteiger partial charge in [-0.3, -0.25) is 4.99 Å². The van der Waals surface area contributed by atoms with E-state index in [1.807, 2.05) is 6.20 Å². The standard InChI is InChI=1S/C14H27N5O2S2.HI/c1-4-12-11-18-13(22-12)7-10-17-14(15-3)16-8-6-9-19-23(20,21)5-2;/h11,19H,4-10H2,1-3H3,(H2,15,16,17);1H. The lowest BCUT2D eigenvalue weighted by Crippen LogP contribution is -2.39. The third-order valence-corrected chi connectivity index (χ3v) is 5.76. The average Bonchev–Trinajstić information content (AvgIpc) is 3.00. The van der Waals surface area contributed by atoms with Crippen molar-refractivity contribution >= 4 is 51.3 Å². The molecule has 0 unspecified atom stereocenters. The second kappa shape index (κ2) is 12.8. The Morgan fingerprint density at radius 1 is 1.25 bits per heavy atom. The molecule has 0 atom stereocenters. The van der Waals surface area contributed by atoms with Gasteiger partial charge in [-0.2, -0.15) is 0 Å². The highest BCUT2D eigenvalue weighted by Crippen LogP contribution is 2.13. The number of aromatic nitrogens is 1. The van der Waals surface area contributed by atoms with Gasteiger partial charge in [-0.05, 0) is 19.8 Å². The molecule has 0 amide bonds. The van der Waals surface area contributed by atoms with Crippen LogP contribution < -0.4 is 15.4 Å². The fraction of sp³-hybridized carbons (Fsp3) is 0.714. The Bertz CT molecular complexity index is 590. The molecule has 24 heavy (non-hydrogen) atoms. The van der Waals surface area contributed by atoms with Gasteiger partial charge >= 0.3 is 0 Å². The third kappa shape index (κ3) is 9.74. The number of guanidine groups is 1. The predicted molar refractivity (Wildman–Crippen MR) is 112 cm³/mol. The fourth-order valence-electron chi connectivity index (χ4n) is 1.76. The summed E-state index contributed by atoms with van der Waals surface area (Å²) in [6.45, 7) is 5.60. The number of aliphatic imine (C=N–C) groups is 1. The molecule has 0 fully saturated rings. The van der Waals surface area contributed by atoms with E-state index in [2.05, 4.69) is 32.3 Å². The van der Waals surface area contributed by atoms with Crippen LogP contribution in [-0.4, -0.2) is 51.8 Å². The summed E-state index contributed by atoms with van der Waals surface area (Å²) < 4.78 is 25.1. The average molecular weight is 489 g/mol. The molecule has 0 radical (unpaired) electrons. The summed E-state index contributed by atoms with van der Waals surface area (Å²) in [5.74, 6) is 0.829. The van der Waals surface area contributed by atoms with Crippen LogP contribution in [0.3, 0.4) is 0 Å². The minimum absolute atomic E-state index is 0. The third-order valence-electron chi connectivity index (χ3n) is 3.15. The predicted octanol–water partition coefficient (Wildman–Crippen LogP) is 1.36. The topological polar surface area (TPSA) is 95.5 Å². The zero-order valence-corrected chi connectivity index (χ0v) is 18.4. The van der Waals surface area contributed by atoms with E-state index in [0.29, 0.717) is 19.5 Å². The molecule has 0 saturated carbocycles.